The molecule has 0 aliphatic rings. The fraction of sp³-hybridized carbons (Fsp3) is 0.0800. The van der Waals surface area contributed by atoms with Gasteiger partial charge < -0.3 is 10.1 Å². The molecule has 0 bridgehead atoms. The van der Waals surface area contributed by atoms with E-state index in [-0.39, 0.29) is 11.4 Å². The van der Waals surface area contributed by atoms with Gasteiger partial charge >= 0.3 is 0 Å². The highest BCUT2D eigenvalue weighted by atomic mass is 32.2. The number of nitrogens with zero attached hydrogens (tertiary/aromatic N) is 1. The molecule has 1 N–H and O–H groups in total. The van der Waals surface area contributed by atoms with Gasteiger partial charge in [-0.2, -0.15) is 0 Å². The maximum Gasteiger partial charge on any atom is 0.264 e. The Kier molecular flexibility index (Phi) is 6.09. The van der Waals surface area contributed by atoms with Crippen LogP contribution in [0.2, 0.25) is 0 Å². The summed E-state index contributed by atoms with van der Waals surface area (Å²) in [6, 6.07) is 27.9. The number of sulfonamides is 1. The number of fused-ring (bicyclic) bond motifs is 1. The van der Waals surface area contributed by atoms with Gasteiger partial charge in [-0.3, -0.25) is 9.10 Å². The third kappa shape index (κ3) is 4.43. The fourth-order valence-corrected chi connectivity index (χ4v) is 4.86. The molecule has 0 spiro atoms. The van der Waals surface area contributed by atoms with Crippen molar-refractivity contribution in [2.24, 2.45) is 0 Å². The number of benzene rings is 4. The minimum absolute atomic E-state index is 0.0695. The first kappa shape index (κ1) is 21.4. The molecule has 0 fully saturated rings. The number of hydrogen-bond acceptors (Lipinski definition) is 4. The molecular formula is C25H22N2O4S. The van der Waals surface area contributed by atoms with E-state index in [2.05, 4.69) is 5.32 Å². The summed E-state index contributed by atoms with van der Waals surface area (Å²) in [5.74, 6) is 0.103. The van der Waals surface area contributed by atoms with Gasteiger partial charge in [0.2, 0.25) is 5.91 Å². The number of methoxy groups -OCH3 is 1. The molecule has 0 aromatic heterocycles. The maximum atomic E-state index is 13.4. The average molecular weight is 447 g/mol. The van der Waals surface area contributed by atoms with Crippen LogP contribution in [0.25, 0.3) is 10.8 Å². The van der Waals surface area contributed by atoms with E-state index in [1.54, 1.807) is 48.5 Å². The summed E-state index contributed by atoms with van der Waals surface area (Å²) in [6.45, 7) is -0.373. The fourth-order valence-electron chi connectivity index (χ4n) is 3.44. The van der Waals surface area contributed by atoms with Gasteiger partial charge in [0.05, 0.1) is 17.7 Å². The summed E-state index contributed by atoms with van der Waals surface area (Å²) in [7, 11) is -2.48. The van der Waals surface area contributed by atoms with E-state index in [1.165, 1.54) is 19.2 Å². The summed E-state index contributed by atoms with van der Waals surface area (Å²) in [5.41, 5.74) is 1.03. The molecule has 0 unspecified atom stereocenters. The van der Waals surface area contributed by atoms with Crippen molar-refractivity contribution < 1.29 is 17.9 Å². The molecule has 6 nitrogen and oxygen atoms in total. The van der Waals surface area contributed by atoms with Gasteiger partial charge in [-0.25, -0.2) is 8.42 Å². The van der Waals surface area contributed by atoms with Crippen LogP contribution in [0.1, 0.15) is 0 Å². The van der Waals surface area contributed by atoms with Crippen molar-refractivity contribution in [1.82, 2.24) is 0 Å². The largest absolute Gasteiger partial charge is 0.497 e. The number of nitrogens with one attached hydrogen (secondary N) is 1. The van der Waals surface area contributed by atoms with Crippen LogP contribution in [0, 0.1) is 0 Å². The van der Waals surface area contributed by atoms with Crippen molar-refractivity contribution in [3.05, 3.63) is 97.1 Å². The number of amides is 1. The van der Waals surface area contributed by atoms with Gasteiger partial charge in [0.25, 0.3) is 10.0 Å². The van der Waals surface area contributed by atoms with Gasteiger partial charge in [-0.1, -0.05) is 54.6 Å². The van der Waals surface area contributed by atoms with Crippen molar-refractivity contribution in [3.63, 3.8) is 0 Å². The number of rotatable bonds is 7. The van der Waals surface area contributed by atoms with Crippen molar-refractivity contribution in [2.75, 3.05) is 23.3 Å². The Bertz CT molecular complexity index is 1330. The lowest BCUT2D eigenvalue weighted by atomic mass is 10.1. The Hall–Kier alpha value is -3.84. The van der Waals surface area contributed by atoms with E-state index in [0.29, 0.717) is 17.1 Å². The minimum Gasteiger partial charge on any atom is -0.497 e. The third-order valence-corrected chi connectivity index (χ3v) is 6.83. The SMILES string of the molecule is COc1ccc(S(=O)(=O)N(CC(=O)Nc2cccc3ccccc23)c2ccccc2)cc1. The van der Waals surface area contributed by atoms with Crippen LogP contribution >= 0.6 is 0 Å². The first-order valence-corrected chi connectivity index (χ1v) is 11.4. The van der Waals surface area contributed by atoms with Crippen molar-refractivity contribution in [1.29, 1.82) is 0 Å². The lowest BCUT2D eigenvalue weighted by molar-refractivity contribution is -0.114. The minimum atomic E-state index is -3.99. The van der Waals surface area contributed by atoms with Gasteiger partial charge in [-0.05, 0) is 47.9 Å². The molecular weight excluding hydrogens is 424 g/mol. The van der Waals surface area contributed by atoms with Crippen LogP contribution in [0.3, 0.4) is 0 Å². The highest BCUT2D eigenvalue weighted by Gasteiger charge is 2.27. The molecule has 0 atom stereocenters. The molecule has 7 heteroatoms. The van der Waals surface area contributed by atoms with E-state index in [9.17, 15) is 13.2 Å². The second kappa shape index (κ2) is 9.11. The lowest BCUT2D eigenvalue weighted by Crippen LogP contribution is -2.38. The highest BCUT2D eigenvalue weighted by Crippen LogP contribution is 2.26. The first-order valence-electron chi connectivity index (χ1n) is 9.98. The van der Waals surface area contributed by atoms with E-state index in [4.69, 9.17) is 4.74 Å². The summed E-state index contributed by atoms with van der Waals surface area (Å²) in [4.78, 5) is 13.1. The molecule has 32 heavy (non-hydrogen) atoms. The molecule has 0 aliphatic carbocycles. The van der Waals surface area contributed by atoms with E-state index >= 15 is 0 Å². The molecule has 1 amide bonds. The number of carbonyl (C=O) groups is 1. The molecule has 0 saturated carbocycles. The van der Waals surface area contributed by atoms with E-state index in [0.717, 1.165) is 15.1 Å². The Balaban J connectivity index is 1.66. The van der Waals surface area contributed by atoms with Crippen LogP contribution < -0.4 is 14.4 Å². The lowest BCUT2D eigenvalue weighted by Gasteiger charge is -2.24. The van der Waals surface area contributed by atoms with Gasteiger partial charge in [-0.15, -0.1) is 0 Å². The van der Waals surface area contributed by atoms with Crippen LogP contribution in [-0.2, 0) is 14.8 Å². The van der Waals surface area contributed by atoms with Crippen LogP contribution in [0.15, 0.2) is 102 Å². The monoisotopic (exact) mass is 446 g/mol. The van der Waals surface area contributed by atoms with Crippen molar-refractivity contribution in [2.45, 2.75) is 4.90 Å². The molecule has 4 aromatic rings. The number of anilines is 2. The maximum absolute atomic E-state index is 13.4. The molecule has 0 radical (unpaired) electrons. The highest BCUT2D eigenvalue weighted by molar-refractivity contribution is 7.92. The predicted molar refractivity (Wildman–Crippen MR) is 127 cm³/mol. The molecule has 4 aromatic carbocycles. The zero-order valence-electron chi connectivity index (χ0n) is 17.4. The average Bonchev–Trinajstić information content (AvgIpc) is 2.83. The van der Waals surface area contributed by atoms with Gasteiger partial charge in [0.15, 0.2) is 0 Å². The Morgan fingerprint density at radius 3 is 2.22 bits per heavy atom. The number of hydrogen-bond donors (Lipinski definition) is 1. The van der Waals surface area contributed by atoms with Crippen LogP contribution in [0.4, 0.5) is 11.4 Å². The quantitative estimate of drug-likeness (QED) is 0.447. The van der Waals surface area contributed by atoms with Crippen molar-refractivity contribution in [3.8, 4) is 5.75 Å². The van der Waals surface area contributed by atoms with Crippen LogP contribution in [-0.4, -0.2) is 28.0 Å². The Morgan fingerprint density at radius 2 is 1.50 bits per heavy atom. The Morgan fingerprint density at radius 1 is 0.844 bits per heavy atom. The molecule has 4 rings (SSSR count). The second-order valence-corrected chi connectivity index (χ2v) is 8.96. The zero-order chi connectivity index (χ0) is 22.6. The summed E-state index contributed by atoms with van der Waals surface area (Å²) >= 11 is 0. The second-order valence-electron chi connectivity index (χ2n) is 7.10. The normalized spacial score (nSPS) is 11.2. The molecule has 162 valence electrons. The molecule has 0 aliphatic heterocycles. The Labute approximate surface area is 187 Å². The van der Waals surface area contributed by atoms with Gasteiger partial charge in [0, 0.05) is 11.1 Å². The number of ether oxygens (including phenoxy) is 1. The molecule has 0 saturated heterocycles. The third-order valence-electron chi connectivity index (χ3n) is 5.04. The molecule has 0 heterocycles. The van der Waals surface area contributed by atoms with Crippen LogP contribution in [0.5, 0.6) is 5.75 Å². The first-order chi connectivity index (χ1) is 15.5. The smallest absolute Gasteiger partial charge is 0.264 e. The standard InChI is InChI=1S/C25H22N2O4S/c1-31-21-14-16-22(17-15-21)32(29,30)27(20-10-3-2-4-11-20)18-25(28)26-24-13-7-9-19-8-5-6-12-23(19)24/h2-17H,18H2,1H3,(H,26,28). The predicted octanol–water partition coefficient (Wildman–Crippen LogP) is 4.68. The summed E-state index contributed by atoms with van der Waals surface area (Å²) in [6.07, 6.45) is 0. The number of carbonyl (C=O) groups excluding carboxylic acids is 1. The summed E-state index contributed by atoms with van der Waals surface area (Å²) < 4.78 is 33.1. The topological polar surface area (TPSA) is 75.7 Å². The summed E-state index contributed by atoms with van der Waals surface area (Å²) in [5, 5.41) is 4.73. The van der Waals surface area contributed by atoms with E-state index in [1.807, 2.05) is 36.4 Å². The zero-order valence-corrected chi connectivity index (χ0v) is 18.2. The van der Waals surface area contributed by atoms with Crippen molar-refractivity contribution >= 4 is 38.1 Å². The number of para-hydroxylation sites is 1. The van der Waals surface area contributed by atoms with E-state index < -0.39 is 15.9 Å². The van der Waals surface area contributed by atoms with Gasteiger partial charge in [0.1, 0.15) is 12.3 Å².